The number of halogens is 2. The van der Waals surface area contributed by atoms with Crippen molar-refractivity contribution in [3.63, 3.8) is 0 Å². The summed E-state index contributed by atoms with van der Waals surface area (Å²) in [7, 11) is 1.52. The Labute approximate surface area is 156 Å². The van der Waals surface area contributed by atoms with E-state index < -0.39 is 12.0 Å². The molecule has 1 atom stereocenters. The third-order valence-electron chi connectivity index (χ3n) is 3.93. The molecule has 6 nitrogen and oxygen atoms in total. The molecule has 1 heterocycles. The molecular weight excluding hydrogens is 367 g/mol. The largest absolute Gasteiger partial charge is 0.460 e. The van der Waals surface area contributed by atoms with Gasteiger partial charge in [0.05, 0.1) is 28.3 Å². The number of urea groups is 1. The van der Waals surface area contributed by atoms with Crippen LogP contribution in [0, 0.1) is 0 Å². The molecule has 0 saturated carbocycles. The number of hydrogen-bond acceptors (Lipinski definition) is 4. The van der Waals surface area contributed by atoms with Crippen molar-refractivity contribution in [2.45, 2.75) is 19.9 Å². The van der Waals surface area contributed by atoms with Gasteiger partial charge in [-0.3, -0.25) is 4.90 Å². The maximum Gasteiger partial charge on any atom is 0.338 e. The van der Waals surface area contributed by atoms with Crippen molar-refractivity contribution < 1.29 is 19.1 Å². The Kier molecular flexibility index (Phi) is 6.70. The topological polar surface area (TPSA) is 67.9 Å². The van der Waals surface area contributed by atoms with Gasteiger partial charge in [-0.05, 0) is 31.5 Å². The van der Waals surface area contributed by atoms with Crippen LogP contribution in [0.5, 0.6) is 0 Å². The van der Waals surface area contributed by atoms with Crippen molar-refractivity contribution in [3.05, 3.63) is 45.1 Å². The third-order valence-corrected chi connectivity index (χ3v) is 4.67. The van der Waals surface area contributed by atoms with Gasteiger partial charge < -0.3 is 14.8 Å². The molecule has 0 aliphatic carbocycles. The minimum Gasteiger partial charge on any atom is -0.460 e. The van der Waals surface area contributed by atoms with Crippen LogP contribution in [-0.4, -0.2) is 43.8 Å². The van der Waals surface area contributed by atoms with E-state index >= 15 is 0 Å². The number of carbonyl (C=O) groups is 2. The van der Waals surface area contributed by atoms with E-state index in [4.69, 9.17) is 32.7 Å². The van der Waals surface area contributed by atoms with E-state index in [2.05, 4.69) is 5.32 Å². The molecule has 1 N–H and O–H groups in total. The summed E-state index contributed by atoms with van der Waals surface area (Å²) in [5.41, 5.74) is 1.55. The van der Waals surface area contributed by atoms with Gasteiger partial charge in [0.25, 0.3) is 0 Å². The summed E-state index contributed by atoms with van der Waals surface area (Å²) < 4.78 is 10.2. The molecule has 1 aromatic carbocycles. The van der Waals surface area contributed by atoms with E-state index in [0.29, 0.717) is 40.0 Å². The first-order valence-corrected chi connectivity index (χ1v) is 8.56. The molecule has 2 rings (SSSR count). The Bertz CT molecular complexity index is 706. The molecule has 136 valence electrons. The molecule has 0 spiro atoms. The van der Waals surface area contributed by atoms with Gasteiger partial charge >= 0.3 is 12.0 Å². The summed E-state index contributed by atoms with van der Waals surface area (Å²) in [6.45, 7) is 4.40. The second-order valence-electron chi connectivity index (χ2n) is 5.43. The number of allylic oxidation sites excluding steroid dienone is 1. The summed E-state index contributed by atoms with van der Waals surface area (Å²) in [5.74, 6) is -0.510. The SMILES string of the molecule is CCN1C(=O)N[C@@H](c2ccc(Cl)c(Cl)c2)C(C(=O)OCCOC)=C1C. The molecule has 2 amide bonds. The molecular formula is C17H20Cl2N2O4. The van der Waals surface area contributed by atoms with Gasteiger partial charge in [0.2, 0.25) is 0 Å². The number of amides is 2. The quantitative estimate of drug-likeness (QED) is 0.599. The fourth-order valence-corrected chi connectivity index (χ4v) is 2.97. The lowest BCUT2D eigenvalue weighted by Gasteiger charge is -2.34. The van der Waals surface area contributed by atoms with Crippen LogP contribution in [-0.2, 0) is 14.3 Å². The molecule has 25 heavy (non-hydrogen) atoms. The lowest BCUT2D eigenvalue weighted by Crippen LogP contribution is -2.47. The highest BCUT2D eigenvalue weighted by atomic mass is 35.5. The fraction of sp³-hybridized carbons (Fsp3) is 0.412. The normalized spacial score (nSPS) is 17.6. The Morgan fingerprint density at radius 2 is 2.00 bits per heavy atom. The molecule has 8 heteroatoms. The maximum atomic E-state index is 12.6. The van der Waals surface area contributed by atoms with Crippen molar-refractivity contribution >= 4 is 35.2 Å². The lowest BCUT2D eigenvalue weighted by atomic mass is 9.95. The lowest BCUT2D eigenvalue weighted by molar-refractivity contribution is -0.140. The number of esters is 1. The average molecular weight is 387 g/mol. The summed E-state index contributed by atoms with van der Waals surface area (Å²) in [4.78, 5) is 26.5. The zero-order valence-electron chi connectivity index (χ0n) is 14.3. The van der Waals surface area contributed by atoms with E-state index in [1.54, 1.807) is 25.1 Å². The Hall–Kier alpha value is -1.76. The molecule has 0 radical (unpaired) electrons. The molecule has 0 unspecified atom stereocenters. The number of benzene rings is 1. The van der Waals surface area contributed by atoms with Gasteiger partial charge in [-0.1, -0.05) is 29.3 Å². The second kappa shape index (κ2) is 8.56. The monoisotopic (exact) mass is 386 g/mol. The number of nitrogens with zero attached hydrogens (tertiary/aromatic N) is 1. The summed E-state index contributed by atoms with van der Waals surface area (Å²) in [6, 6.07) is 4.02. The summed E-state index contributed by atoms with van der Waals surface area (Å²) in [6.07, 6.45) is 0. The predicted octanol–water partition coefficient (Wildman–Crippen LogP) is 3.54. The number of hydrogen-bond donors (Lipinski definition) is 1. The number of nitrogens with one attached hydrogen (secondary N) is 1. The van der Waals surface area contributed by atoms with Crippen LogP contribution < -0.4 is 5.32 Å². The fourth-order valence-electron chi connectivity index (χ4n) is 2.66. The predicted molar refractivity (Wildman–Crippen MR) is 95.6 cm³/mol. The molecule has 0 aromatic heterocycles. The number of ether oxygens (including phenoxy) is 2. The van der Waals surface area contributed by atoms with Crippen LogP contribution in [0.15, 0.2) is 29.5 Å². The highest BCUT2D eigenvalue weighted by molar-refractivity contribution is 6.42. The van der Waals surface area contributed by atoms with Gasteiger partial charge in [0.1, 0.15) is 6.61 Å². The Balaban J connectivity index is 2.44. The van der Waals surface area contributed by atoms with E-state index in [0.717, 1.165) is 0 Å². The molecule has 0 saturated heterocycles. The molecule has 1 aromatic rings. The first kappa shape index (κ1) is 19.6. The van der Waals surface area contributed by atoms with Crippen molar-refractivity contribution in [2.75, 3.05) is 26.9 Å². The smallest absolute Gasteiger partial charge is 0.338 e. The minimum atomic E-state index is -0.667. The van der Waals surface area contributed by atoms with Crippen molar-refractivity contribution in [1.29, 1.82) is 0 Å². The first-order chi connectivity index (χ1) is 11.9. The third kappa shape index (κ3) is 4.26. The van der Waals surface area contributed by atoms with Gasteiger partial charge in [-0.15, -0.1) is 0 Å². The van der Waals surface area contributed by atoms with E-state index in [1.807, 2.05) is 6.92 Å². The number of carbonyl (C=O) groups excluding carboxylic acids is 2. The van der Waals surface area contributed by atoms with Crippen LogP contribution in [0.3, 0.4) is 0 Å². The maximum absolute atomic E-state index is 12.6. The summed E-state index contributed by atoms with van der Waals surface area (Å²) in [5, 5.41) is 3.57. The highest BCUT2D eigenvalue weighted by Gasteiger charge is 2.36. The van der Waals surface area contributed by atoms with Crippen molar-refractivity contribution in [2.24, 2.45) is 0 Å². The molecule has 1 aliphatic heterocycles. The highest BCUT2D eigenvalue weighted by Crippen LogP contribution is 2.34. The Morgan fingerprint density at radius 1 is 1.28 bits per heavy atom. The van der Waals surface area contributed by atoms with Gasteiger partial charge in [-0.25, -0.2) is 9.59 Å². The first-order valence-electron chi connectivity index (χ1n) is 7.80. The summed E-state index contributed by atoms with van der Waals surface area (Å²) >= 11 is 12.0. The van der Waals surface area contributed by atoms with E-state index in [1.165, 1.54) is 12.0 Å². The van der Waals surface area contributed by atoms with Crippen LogP contribution in [0.1, 0.15) is 25.5 Å². The molecule has 1 aliphatic rings. The van der Waals surface area contributed by atoms with Gasteiger partial charge in [-0.2, -0.15) is 0 Å². The van der Waals surface area contributed by atoms with Crippen molar-refractivity contribution in [1.82, 2.24) is 10.2 Å². The van der Waals surface area contributed by atoms with Crippen LogP contribution >= 0.6 is 23.2 Å². The van der Waals surface area contributed by atoms with Crippen molar-refractivity contribution in [3.8, 4) is 0 Å². The van der Waals surface area contributed by atoms with Crippen LogP contribution in [0.25, 0.3) is 0 Å². The standard InChI is InChI=1S/C17H20Cl2N2O4/c1-4-21-10(2)14(16(22)25-8-7-24-3)15(20-17(21)23)11-5-6-12(18)13(19)9-11/h5-6,9,15H,4,7-8H2,1-3H3,(H,20,23)/t15-/m0/s1. The minimum absolute atomic E-state index is 0.125. The second-order valence-corrected chi connectivity index (χ2v) is 6.24. The van der Waals surface area contributed by atoms with E-state index in [-0.39, 0.29) is 12.6 Å². The van der Waals surface area contributed by atoms with Crippen LogP contribution in [0.4, 0.5) is 4.79 Å². The molecule has 0 bridgehead atoms. The Morgan fingerprint density at radius 3 is 2.60 bits per heavy atom. The zero-order chi connectivity index (χ0) is 18.6. The van der Waals surface area contributed by atoms with Gasteiger partial charge in [0.15, 0.2) is 0 Å². The number of methoxy groups -OCH3 is 1. The van der Waals surface area contributed by atoms with Gasteiger partial charge in [0, 0.05) is 19.4 Å². The van der Waals surface area contributed by atoms with Crippen LogP contribution in [0.2, 0.25) is 10.0 Å². The zero-order valence-corrected chi connectivity index (χ0v) is 15.8. The number of rotatable bonds is 6. The molecule has 0 fully saturated rings. The van der Waals surface area contributed by atoms with E-state index in [9.17, 15) is 9.59 Å². The average Bonchev–Trinajstić information content (AvgIpc) is 2.57.